The molecule has 1 saturated heterocycles. The van der Waals surface area contributed by atoms with Gasteiger partial charge in [0.15, 0.2) is 0 Å². The van der Waals surface area contributed by atoms with Crippen LogP contribution >= 0.6 is 0 Å². The second-order valence-corrected chi connectivity index (χ2v) is 4.96. The van der Waals surface area contributed by atoms with E-state index < -0.39 is 0 Å². The Morgan fingerprint density at radius 3 is 2.73 bits per heavy atom. The first kappa shape index (κ1) is 13.0. The largest absolute Gasteiger partial charge is 0.316 e. The van der Waals surface area contributed by atoms with Crippen LogP contribution in [0, 0.1) is 5.92 Å². The maximum atomic E-state index is 3.46. The predicted octanol–water partition coefficient (Wildman–Crippen LogP) is 2.50. The van der Waals surface area contributed by atoms with Crippen molar-refractivity contribution in [1.82, 2.24) is 10.2 Å². The van der Waals surface area contributed by atoms with Crippen molar-refractivity contribution >= 4 is 0 Å². The third-order valence-electron chi connectivity index (χ3n) is 3.67. The molecule has 0 bridgehead atoms. The lowest BCUT2D eigenvalue weighted by Gasteiger charge is -2.30. The average molecular weight is 212 g/mol. The highest BCUT2D eigenvalue weighted by Crippen LogP contribution is 2.14. The highest BCUT2D eigenvalue weighted by Gasteiger charge is 2.20. The van der Waals surface area contributed by atoms with Gasteiger partial charge in [-0.3, -0.25) is 0 Å². The van der Waals surface area contributed by atoms with Gasteiger partial charge in [0.1, 0.15) is 0 Å². The van der Waals surface area contributed by atoms with Gasteiger partial charge in [-0.25, -0.2) is 0 Å². The van der Waals surface area contributed by atoms with E-state index in [1.165, 1.54) is 51.9 Å². The van der Waals surface area contributed by atoms with Crippen molar-refractivity contribution in [2.75, 3.05) is 26.2 Å². The summed E-state index contributed by atoms with van der Waals surface area (Å²) in [5.74, 6) is 0.899. The smallest absolute Gasteiger partial charge is 0.00644 e. The number of rotatable bonds is 7. The molecule has 0 spiro atoms. The average Bonchev–Trinajstić information content (AvgIpc) is 2.75. The first-order valence-electron chi connectivity index (χ1n) is 6.72. The molecule has 2 atom stereocenters. The van der Waals surface area contributed by atoms with Crippen molar-refractivity contribution in [2.45, 2.75) is 52.5 Å². The molecular weight excluding hydrogens is 184 g/mol. The Morgan fingerprint density at radius 1 is 1.40 bits per heavy atom. The van der Waals surface area contributed by atoms with E-state index in [1.807, 2.05) is 0 Å². The van der Waals surface area contributed by atoms with Crippen LogP contribution in [0.4, 0.5) is 0 Å². The van der Waals surface area contributed by atoms with Gasteiger partial charge in [0.05, 0.1) is 0 Å². The van der Waals surface area contributed by atoms with Gasteiger partial charge in [0, 0.05) is 12.6 Å². The summed E-state index contributed by atoms with van der Waals surface area (Å²) in [6.45, 7) is 12.0. The molecule has 1 aliphatic rings. The van der Waals surface area contributed by atoms with E-state index in [4.69, 9.17) is 0 Å². The Labute approximate surface area is 95.4 Å². The molecule has 2 unspecified atom stereocenters. The summed E-state index contributed by atoms with van der Waals surface area (Å²) in [7, 11) is 0. The lowest BCUT2D eigenvalue weighted by Crippen LogP contribution is -2.38. The monoisotopic (exact) mass is 212 g/mol. The van der Waals surface area contributed by atoms with Gasteiger partial charge >= 0.3 is 0 Å². The van der Waals surface area contributed by atoms with Gasteiger partial charge in [-0.1, -0.05) is 20.3 Å². The van der Waals surface area contributed by atoms with Crippen LogP contribution < -0.4 is 5.32 Å². The zero-order chi connectivity index (χ0) is 11.1. The molecular formula is C13H28N2. The second-order valence-electron chi connectivity index (χ2n) is 4.96. The van der Waals surface area contributed by atoms with Crippen molar-refractivity contribution in [2.24, 2.45) is 5.92 Å². The van der Waals surface area contributed by atoms with Crippen LogP contribution in [0.5, 0.6) is 0 Å². The molecule has 90 valence electrons. The van der Waals surface area contributed by atoms with Gasteiger partial charge in [-0.15, -0.1) is 0 Å². The number of nitrogens with zero attached hydrogens (tertiary/aromatic N) is 1. The van der Waals surface area contributed by atoms with Crippen LogP contribution in [0.1, 0.15) is 46.5 Å². The Balaban J connectivity index is 2.32. The minimum atomic E-state index is 0.761. The molecule has 1 rings (SSSR count). The van der Waals surface area contributed by atoms with Crippen molar-refractivity contribution in [3.8, 4) is 0 Å². The lowest BCUT2D eigenvalue weighted by molar-refractivity contribution is 0.174. The quantitative estimate of drug-likeness (QED) is 0.697. The minimum absolute atomic E-state index is 0.761. The normalized spacial score (nSPS) is 23.6. The first-order valence-corrected chi connectivity index (χ1v) is 6.72. The van der Waals surface area contributed by atoms with E-state index in [-0.39, 0.29) is 0 Å². The minimum Gasteiger partial charge on any atom is -0.316 e. The summed E-state index contributed by atoms with van der Waals surface area (Å²) >= 11 is 0. The number of hydrogen-bond acceptors (Lipinski definition) is 2. The van der Waals surface area contributed by atoms with Crippen molar-refractivity contribution < 1.29 is 0 Å². The van der Waals surface area contributed by atoms with Crippen molar-refractivity contribution in [3.05, 3.63) is 0 Å². The van der Waals surface area contributed by atoms with Crippen LogP contribution in [0.15, 0.2) is 0 Å². The number of nitrogens with one attached hydrogen (secondary N) is 1. The van der Waals surface area contributed by atoms with Crippen molar-refractivity contribution in [1.29, 1.82) is 0 Å². The Hall–Kier alpha value is -0.0800. The zero-order valence-electron chi connectivity index (χ0n) is 10.8. The number of hydrogen-bond donors (Lipinski definition) is 1. The summed E-state index contributed by atoms with van der Waals surface area (Å²) < 4.78 is 0. The van der Waals surface area contributed by atoms with E-state index in [0.717, 1.165) is 12.0 Å². The Kier molecular flexibility index (Phi) is 6.26. The third kappa shape index (κ3) is 4.52. The maximum absolute atomic E-state index is 3.46. The highest BCUT2D eigenvalue weighted by molar-refractivity contribution is 4.77. The van der Waals surface area contributed by atoms with Crippen LogP contribution in [0.3, 0.4) is 0 Å². The van der Waals surface area contributed by atoms with Crippen LogP contribution in [0.25, 0.3) is 0 Å². The summed E-state index contributed by atoms with van der Waals surface area (Å²) in [5, 5.41) is 3.46. The molecule has 1 fully saturated rings. The molecule has 1 heterocycles. The fourth-order valence-electron chi connectivity index (χ4n) is 2.31. The van der Waals surface area contributed by atoms with E-state index in [2.05, 4.69) is 31.0 Å². The third-order valence-corrected chi connectivity index (χ3v) is 3.67. The second kappa shape index (κ2) is 7.24. The summed E-state index contributed by atoms with van der Waals surface area (Å²) in [4.78, 5) is 2.70. The molecule has 0 saturated carbocycles. The van der Waals surface area contributed by atoms with E-state index in [9.17, 15) is 0 Å². The SMILES string of the molecule is CCCCN(CC1CCNC1)C(C)CC. The summed E-state index contributed by atoms with van der Waals surface area (Å²) in [5.41, 5.74) is 0. The molecule has 0 aromatic heterocycles. The fraction of sp³-hybridized carbons (Fsp3) is 1.00. The molecule has 1 aliphatic heterocycles. The van der Waals surface area contributed by atoms with Gasteiger partial charge in [0.2, 0.25) is 0 Å². The maximum Gasteiger partial charge on any atom is 0.00644 e. The molecule has 0 radical (unpaired) electrons. The van der Waals surface area contributed by atoms with Crippen LogP contribution in [-0.2, 0) is 0 Å². The zero-order valence-corrected chi connectivity index (χ0v) is 10.8. The van der Waals surface area contributed by atoms with Gasteiger partial charge in [-0.2, -0.15) is 0 Å². The molecule has 15 heavy (non-hydrogen) atoms. The molecule has 0 aliphatic carbocycles. The summed E-state index contributed by atoms with van der Waals surface area (Å²) in [6, 6.07) is 0.761. The summed E-state index contributed by atoms with van der Waals surface area (Å²) in [6.07, 6.45) is 5.32. The molecule has 2 nitrogen and oxygen atoms in total. The fourth-order valence-corrected chi connectivity index (χ4v) is 2.31. The highest BCUT2D eigenvalue weighted by atomic mass is 15.2. The Bertz CT molecular complexity index is 153. The lowest BCUT2D eigenvalue weighted by atomic mass is 10.1. The van der Waals surface area contributed by atoms with Gasteiger partial charge in [0.25, 0.3) is 0 Å². The molecule has 0 aromatic carbocycles. The molecule has 1 N–H and O–H groups in total. The van der Waals surface area contributed by atoms with Crippen LogP contribution in [0.2, 0.25) is 0 Å². The number of unbranched alkanes of at least 4 members (excludes halogenated alkanes) is 1. The van der Waals surface area contributed by atoms with E-state index in [0.29, 0.717) is 0 Å². The van der Waals surface area contributed by atoms with Crippen molar-refractivity contribution in [3.63, 3.8) is 0 Å². The van der Waals surface area contributed by atoms with E-state index in [1.54, 1.807) is 0 Å². The van der Waals surface area contributed by atoms with Gasteiger partial charge < -0.3 is 10.2 Å². The van der Waals surface area contributed by atoms with Gasteiger partial charge in [-0.05, 0) is 51.7 Å². The molecule has 0 amide bonds. The standard InChI is InChI=1S/C13H28N2/c1-4-6-9-15(12(3)5-2)11-13-7-8-14-10-13/h12-14H,4-11H2,1-3H3. The Morgan fingerprint density at radius 2 is 2.20 bits per heavy atom. The van der Waals surface area contributed by atoms with E-state index >= 15 is 0 Å². The molecule has 0 aromatic rings. The van der Waals surface area contributed by atoms with Crippen LogP contribution in [-0.4, -0.2) is 37.1 Å². The molecule has 2 heteroatoms. The first-order chi connectivity index (χ1) is 7.27. The topological polar surface area (TPSA) is 15.3 Å². The predicted molar refractivity (Wildman–Crippen MR) is 67.2 cm³/mol.